The van der Waals surface area contributed by atoms with Gasteiger partial charge in [0, 0.05) is 19.8 Å². The number of benzene rings is 1. The van der Waals surface area contributed by atoms with Crippen LogP contribution in [0.5, 0.6) is 5.75 Å². The molecule has 3 nitrogen and oxygen atoms in total. The fraction of sp³-hybridized carbons (Fsp3) is 0.562. The van der Waals surface area contributed by atoms with Gasteiger partial charge in [0.1, 0.15) is 5.75 Å². The van der Waals surface area contributed by atoms with E-state index in [2.05, 4.69) is 19.1 Å². The maximum absolute atomic E-state index is 11.3. The van der Waals surface area contributed by atoms with Gasteiger partial charge >= 0.3 is 0 Å². The molecule has 0 aliphatic carbocycles. The lowest BCUT2D eigenvalue weighted by molar-refractivity contribution is 0.241. The molecule has 0 radical (unpaired) electrons. The molecular formula is C16H25NO2S. The quantitative estimate of drug-likeness (QED) is 0.668. The van der Waals surface area contributed by atoms with Crippen LogP contribution in [0.4, 0.5) is 4.79 Å². The van der Waals surface area contributed by atoms with Crippen molar-refractivity contribution in [2.24, 2.45) is 0 Å². The highest BCUT2D eigenvalue weighted by Gasteiger charge is 2.03. The van der Waals surface area contributed by atoms with E-state index >= 15 is 0 Å². The maximum atomic E-state index is 11.3. The predicted octanol–water partition coefficient (Wildman–Crippen LogP) is 4.35. The van der Waals surface area contributed by atoms with Crippen molar-refractivity contribution >= 4 is 17.0 Å². The summed E-state index contributed by atoms with van der Waals surface area (Å²) in [5, 5.41) is 0.146. The molecule has 1 rings (SSSR count). The molecule has 4 heteroatoms. The van der Waals surface area contributed by atoms with Crippen molar-refractivity contribution in [3.63, 3.8) is 0 Å². The number of hydrogen-bond donors (Lipinski definition) is 0. The molecule has 0 aliphatic rings. The Morgan fingerprint density at radius 1 is 1.20 bits per heavy atom. The summed E-state index contributed by atoms with van der Waals surface area (Å²) < 4.78 is 5.70. The molecular weight excluding hydrogens is 270 g/mol. The Bertz CT molecular complexity index is 407. The van der Waals surface area contributed by atoms with Crippen molar-refractivity contribution in [2.75, 3.05) is 26.5 Å². The molecule has 20 heavy (non-hydrogen) atoms. The van der Waals surface area contributed by atoms with Crippen LogP contribution >= 0.6 is 11.8 Å². The minimum Gasteiger partial charge on any atom is -0.494 e. The van der Waals surface area contributed by atoms with Gasteiger partial charge in [0.05, 0.1) is 6.61 Å². The average Bonchev–Trinajstić information content (AvgIpc) is 2.41. The van der Waals surface area contributed by atoms with Gasteiger partial charge in [-0.15, -0.1) is 0 Å². The Kier molecular flexibility index (Phi) is 8.19. The normalized spacial score (nSPS) is 10.3. The molecule has 0 atom stereocenters. The van der Waals surface area contributed by atoms with Crippen LogP contribution in [0, 0.1) is 6.92 Å². The first-order valence-corrected chi connectivity index (χ1v) is 8.11. The van der Waals surface area contributed by atoms with Crippen molar-refractivity contribution in [1.82, 2.24) is 4.90 Å². The lowest BCUT2D eigenvalue weighted by Gasteiger charge is -2.09. The number of unbranched alkanes of at least 4 members (excludes halogenated alkanes) is 3. The maximum Gasteiger partial charge on any atom is 0.281 e. The first-order chi connectivity index (χ1) is 9.59. The summed E-state index contributed by atoms with van der Waals surface area (Å²) >= 11 is 1.40. The standard InChI is InChI=1S/C16H25NO2S/c1-14-9-8-10-15(13-14)19-11-6-4-5-7-12-20-16(18)17(2)3/h8-10,13H,4-7,11-12H2,1-3H3. The molecule has 0 spiro atoms. The fourth-order valence-corrected chi connectivity index (χ4v) is 2.52. The van der Waals surface area contributed by atoms with Gasteiger partial charge in [0.25, 0.3) is 5.24 Å². The van der Waals surface area contributed by atoms with Crippen LogP contribution in [-0.4, -0.2) is 36.6 Å². The molecule has 1 aromatic rings. The van der Waals surface area contributed by atoms with Crippen LogP contribution in [0.3, 0.4) is 0 Å². The smallest absolute Gasteiger partial charge is 0.281 e. The highest BCUT2D eigenvalue weighted by Crippen LogP contribution is 2.14. The van der Waals surface area contributed by atoms with Gasteiger partial charge in [-0.25, -0.2) is 0 Å². The summed E-state index contributed by atoms with van der Waals surface area (Å²) in [7, 11) is 3.58. The SMILES string of the molecule is Cc1cccc(OCCCCCCSC(=O)N(C)C)c1. The molecule has 0 aromatic heterocycles. The van der Waals surface area contributed by atoms with Crippen molar-refractivity contribution < 1.29 is 9.53 Å². The van der Waals surface area contributed by atoms with E-state index in [1.165, 1.54) is 17.3 Å². The number of thioether (sulfide) groups is 1. The van der Waals surface area contributed by atoms with E-state index < -0.39 is 0 Å². The third-order valence-electron chi connectivity index (χ3n) is 2.89. The van der Waals surface area contributed by atoms with Crippen LogP contribution in [0.15, 0.2) is 24.3 Å². The average molecular weight is 295 g/mol. The minimum absolute atomic E-state index is 0.146. The Morgan fingerprint density at radius 2 is 1.95 bits per heavy atom. The number of carbonyl (C=O) groups is 1. The van der Waals surface area contributed by atoms with E-state index in [-0.39, 0.29) is 5.24 Å². The minimum atomic E-state index is 0.146. The van der Waals surface area contributed by atoms with Gasteiger partial charge < -0.3 is 9.64 Å². The van der Waals surface area contributed by atoms with Gasteiger partial charge in [-0.05, 0) is 37.5 Å². The molecule has 0 saturated heterocycles. The van der Waals surface area contributed by atoms with Crippen LogP contribution < -0.4 is 4.74 Å². The Balaban J connectivity index is 1.96. The molecule has 1 aromatic carbocycles. The Morgan fingerprint density at radius 3 is 2.65 bits per heavy atom. The zero-order chi connectivity index (χ0) is 14.8. The van der Waals surface area contributed by atoms with E-state index in [1.54, 1.807) is 19.0 Å². The van der Waals surface area contributed by atoms with Crippen LogP contribution in [0.2, 0.25) is 0 Å². The number of rotatable bonds is 8. The molecule has 0 saturated carbocycles. The van der Waals surface area contributed by atoms with Crippen molar-refractivity contribution in [3.05, 3.63) is 29.8 Å². The summed E-state index contributed by atoms with van der Waals surface area (Å²) in [6.07, 6.45) is 4.47. The monoisotopic (exact) mass is 295 g/mol. The van der Waals surface area contributed by atoms with Crippen molar-refractivity contribution in [1.29, 1.82) is 0 Å². The van der Waals surface area contributed by atoms with Crippen LogP contribution in [-0.2, 0) is 0 Å². The van der Waals surface area contributed by atoms with Crippen molar-refractivity contribution in [3.8, 4) is 5.75 Å². The molecule has 0 heterocycles. The number of amides is 1. The second kappa shape index (κ2) is 9.70. The lowest BCUT2D eigenvalue weighted by Crippen LogP contribution is -2.16. The summed E-state index contributed by atoms with van der Waals surface area (Å²) in [4.78, 5) is 13.0. The first kappa shape index (κ1) is 16.9. The zero-order valence-electron chi connectivity index (χ0n) is 12.7. The molecule has 0 unspecified atom stereocenters. The number of ether oxygens (including phenoxy) is 1. The van der Waals surface area contributed by atoms with Crippen LogP contribution in [0.1, 0.15) is 31.2 Å². The zero-order valence-corrected chi connectivity index (χ0v) is 13.5. The summed E-state index contributed by atoms with van der Waals surface area (Å²) in [6.45, 7) is 2.84. The molecule has 0 bridgehead atoms. The second-order valence-electron chi connectivity index (χ2n) is 5.09. The van der Waals surface area contributed by atoms with E-state index in [0.717, 1.165) is 43.8 Å². The summed E-state index contributed by atoms with van der Waals surface area (Å²) in [5.74, 6) is 1.87. The predicted molar refractivity (Wildman–Crippen MR) is 86.7 cm³/mol. The highest BCUT2D eigenvalue weighted by molar-refractivity contribution is 8.13. The molecule has 1 amide bonds. The second-order valence-corrected chi connectivity index (χ2v) is 6.13. The van der Waals surface area contributed by atoms with E-state index in [4.69, 9.17) is 4.74 Å². The van der Waals surface area contributed by atoms with Gasteiger partial charge in [-0.3, -0.25) is 4.79 Å². The van der Waals surface area contributed by atoms with Gasteiger partial charge in [0.15, 0.2) is 0 Å². The molecule has 0 fully saturated rings. The Hall–Kier alpha value is -1.16. The third-order valence-corrected chi connectivity index (χ3v) is 3.99. The number of nitrogens with zero attached hydrogens (tertiary/aromatic N) is 1. The number of carbonyl (C=O) groups excluding carboxylic acids is 1. The lowest BCUT2D eigenvalue weighted by atomic mass is 10.2. The molecule has 0 N–H and O–H groups in total. The van der Waals surface area contributed by atoms with Gasteiger partial charge in [0.2, 0.25) is 0 Å². The van der Waals surface area contributed by atoms with E-state index in [9.17, 15) is 4.79 Å². The fourth-order valence-electron chi connectivity index (χ4n) is 1.74. The van der Waals surface area contributed by atoms with Crippen LogP contribution in [0.25, 0.3) is 0 Å². The third kappa shape index (κ3) is 7.43. The van der Waals surface area contributed by atoms with Gasteiger partial charge in [-0.1, -0.05) is 36.7 Å². The molecule has 0 aliphatic heterocycles. The number of hydrogen-bond acceptors (Lipinski definition) is 3. The topological polar surface area (TPSA) is 29.5 Å². The van der Waals surface area contributed by atoms with Gasteiger partial charge in [-0.2, -0.15) is 0 Å². The molecule has 112 valence electrons. The highest BCUT2D eigenvalue weighted by atomic mass is 32.2. The van der Waals surface area contributed by atoms with Crippen molar-refractivity contribution in [2.45, 2.75) is 32.6 Å². The largest absolute Gasteiger partial charge is 0.494 e. The Labute approximate surface area is 126 Å². The summed E-state index contributed by atoms with van der Waals surface area (Å²) in [6, 6.07) is 8.14. The number of aryl methyl sites for hydroxylation is 1. The van der Waals surface area contributed by atoms with E-state index in [0.29, 0.717) is 0 Å². The van der Waals surface area contributed by atoms with E-state index in [1.807, 2.05) is 12.1 Å². The summed E-state index contributed by atoms with van der Waals surface area (Å²) in [5.41, 5.74) is 1.23. The first-order valence-electron chi connectivity index (χ1n) is 7.13.